The van der Waals surface area contributed by atoms with E-state index in [2.05, 4.69) is 5.32 Å². The van der Waals surface area contributed by atoms with Crippen molar-refractivity contribution in [1.29, 1.82) is 0 Å². The van der Waals surface area contributed by atoms with E-state index in [9.17, 15) is 4.79 Å². The van der Waals surface area contributed by atoms with Gasteiger partial charge in [-0.05, 0) is 5.56 Å². The van der Waals surface area contributed by atoms with Crippen molar-refractivity contribution < 1.29 is 9.53 Å². The predicted octanol–water partition coefficient (Wildman–Crippen LogP) is 2.57. The molecule has 0 aliphatic heterocycles. The van der Waals surface area contributed by atoms with Crippen molar-refractivity contribution in [3.05, 3.63) is 71.8 Å². The molecule has 1 amide bonds. The minimum atomic E-state index is -0.753. The molecule has 2 rings (SSSR count). The first-order chi connectivity index (χ1) is 9.25. The molecule has 98 valence electrons. The summed E-state index contributed by atoms with van der Waals surface area (Å²) in [6.07, 6.45) is -1.28. The average Bonchev–Trinajstić information content (AvgIpc) is 2.47. The normalized spacial score (nSPS) is 11.6. The summed E-state index contributed by atoms with van der Waals surface area (Å²) in [5.41, 5.74) is 7.55. The number of carbonyl (C=O) groups is 1. The lowest BCUT2D eigenvalue weighted by Crippen LogP contribution is -2.28. The molecule has 0 aromatic heterocycles. The van der Waals surface area contributed by atoms with Gasteiger partial charge in [0.1, 0.15) is 0 Å². The van der Waals surface area contributed by atoms with Crippen LogP contribution in [0.3, 0.4) is 0 Å². The molecule has 0 radical (unpaired) electrons. The lowest BCUT2D eigenvalue weighted by Gasteiger charge is -2.14. The van der Waals surface area contributed by atoms with Crippen LogP contribution in [0.2, 0.25) is 0 Å². The third-order valence-electron chi connectivity index (χ3n) is 2.64. The van der Waals surface area contributed by atoms with Gasteiger partial charge < -0.3 is 10.1 Å². The molecule has 1 unspecified atom stereocenters. The molecule has 2 aromatic carbocycles. The van der Waals surface area contributed by atoms with Crippen LogP contribution in [0.5, 0.6) is 0 Å². The Morgan fingerprint density at radius 2 is 1.63 bits per heavy atom. The number of ether oxygens (including phenoxy) is 1. The molecule has 0 bridgehead atoms. The van der Waals surface area contributed by atoms with E-state index in [4.69, 9.17) is 10.5 Å². The maximum Gasteiger partial charge on any atom is 0.409 e. The largest absolute Gasteiger partial charge is 0.426 e. The Kier molecular flexibility index (Phi) is 4.53. The molecule has 0 aliphatic carbocycles. The topological polar surface area (TPSA) is 64.3 Å². The van der Waals surface area contributed by atoms with Gasteiger partial charge in [0.2, 0.25) is 0 Å². The van der Waals surface area contributed by atoms with Gasteiger partial charge in [0.05, 0.1) is 0 Å². The first-order valence-corrected chi connectivity index (χ1v) is 6.04. The molecule has 0 spiro atoms. The second kappa shape index (κ2) is 6.56. The first-order valence-electron chi connectivity index (χ1n) is 6.04. The van der Waals surface area contributed by atoms with Gasteiger partial charge in [-0.25, -0.2) is 4.79 Å². The molecule has 1 atom stereocenters. The summed E-state index contributed by atoms with van der Waals surface area (Å²) in [6.45, 7) is 0.418. The summed E-state index contributed by atoms with van der Waals surface area (Å²) >= 11 is 0. The zero-order chi connectivity index (χ0) is 13.5. The van der Waals surface area contributed by atoms with Crippen molar-refractivity contribution in [3.8, 4) is 0 Å². The van der Waals surface area contributed by atoms with E-state index >= 15 is 0 Å². The monoisotopic (exact) mass is 256 g/mol. The van der Waals surface area contributed by atoms with Gasteiger partial charge in [0, 0.05) is 12.1 Å². The summed E-state index contributed by atoms with van der Waals surface area (Å²) in [5.74, 6) is 0. The summed E-state index contributed by atoms with van der Waals surface area (Å²) in [7, 11) is 0. The fourth-order valence-corrected chi connectivity index (χ4v) is 1.64. The molecule has 0 aliphatic rings. The van der Waals surface area contributed by atoms with Crippen LogP contribution in [0.15, 0.2) is 60.7 Å². The molecular weight excluding hydrogens is 240 g/mol. The highest BCUT2D eigenvalue weighted by atomic mass is 16.6. The van der Waals surface area contributed by atoms with Gasteiger partial charge in [0.15, 0.2) is 6.23 Å². The Balaban J connectivity index is 1.82. The zero-order valence-corrected chi connectivity index (χ0v) is 10.5. The van der Waals surface area contributed by atoms with E-state index in [1.165, 1.54) is 0 Å². The van der Waals surface area contributed by atoms with Crippen molar-refractivity contribution in [1.82, 2.24) is 5.32 Å². The van der Waals surface area contributed by atoms with Crippen LogP contribution in [-0.4, -0.2) is 6.09 Å². The van der Waals surface area contributed by atoms with E-state index in [0.29, 0.717) is 6.54 Å². The van der Waals surface area contributed by atoms with Gasteiger partial charge in [-0.3, -0.25) is 5.73 Å². The number of nitrogens with one attached hydrogen (secondary N) is 1. The van der Waals surface area contributed by atoms with Crippen LogP contribution < -0.4 is 11.1 Å². The highest BCUT2D eigenvalue weighted by Crippen LogP contribution is 2.10. The first kappa shape index (κ1) is 13.1. The molecule has 2 aromatic rings. The summed E-state index contributed by atoms with van der Waals surface area (Å²) < 4.78 is 5.09. The Morgan fingerprint density at radius 1 is 1.05 bits per heavy atom. The lowest BCUT2D eigenvalue weighted by molar-refractivity contribution is 0.100. The van der Waals surface area contributed by atoms with E-state index in [0.717, 1.165) is 11.1 Å². The number of benzene rings is 2. The molecular formula is C15H16N2O2. The summed E-state index contributed by atoms with van der Waals surface area (Å²) in [5, 5.41) is 2.66. The fraction of sp³-hybridized carbons (Fsp3) is 0.133. The smallest absolute Gasteiger partial charge is 0.409 e. The van der Waals surface area contributed by atoms with Crippen molar-refractivity contribution >= 4 is 6.09 Å². The zero-order valence-electron chi connectivity index (χ0n) is 10.5. The van der Waals surface area contributed by atoms with Gasteiger partial charge in [-0.1, -0.05) is 60.7 Å². The number of rotatable bonds is 4. The van der Waals surface area contributed by atoms with Crippen molar-refractivity contribution in [2.45, 2.75) is 12.8 Å². The van der Waals surface area contributed by atoms with E-state index in [-0.39, 0.29) is 0 Å². The molecule has 0 fully saturated rings. The van der Waals surface area contributed by atoms with Gasteiger partial charge in [0.25, 0.3) is 0 Å². The predicted molar refractivity (Wildman–Crippen MR) is 73.1 cm³/mol. The minimum absolute atomic E-state index is 0.418. The summed E-state index contributed by atoms with van der Waals surface area (Å²) in [6, 6.07) is 18.8. The van der Waals surface area contributed by atoms with E-state index < -0.39 is 12.3 Å². The van der Waals surface area contributed by atoms with E-state index in [1.807, 2.05) is 60.7 Å². The van der Waals surface area contributed by atoms with Crippen LogP contribution in [-0.2, 0) is 11.3 Å². The molecule has 4 heteroatoms. The minimum Gasteiger partial charge on any atom is -0.426 e. The summed E-state index contributed by atoms with van der Waals surface area (Å²) in [4.78, 5) is 11.6. The highest BCUT2D eigenvalue weighted by Gasteiger charge is 2.10. The molecule has 0 heterocycles. The third kappa shape index (κ3) is 4.12. The van der Waals surface area contributed by atoms with Crippen LogP contribution >= 0.6 is 0 Å². The van der Waals surface area contributed by atoms with Crippen molar-refractivity contribution in [3.63, 3.8) is 0 Å². The molecule has 3 N–H and O–H groups in total. The second-order valence-electron chi connectivity index (χ2n) is 4.08. The number of hydrogen-bond acceptors (Lipinski definition) is 3. The molecule has 19 heavy (non-hydrogen) atoms. The van der Waals surface area contributed by atoms with Gasteiger partial charge >= 0.3 is 6.09 Å². The van der Waals surface area contributed by atoms with Crippen molar-refractivity contribution in [2.75, 3.05) is 0 Å². The fourth-order valence-electron chi connectivity index (χ4n) is 1.64. The standard InChI is InChI=1S/C15H16N2O2/c16-14(13-9-5-2-6-10-13)19-15(18)17-11-12-7-3-1-4-8-12/h1-10,14H,11,16H2,(H,17,18). The Morgan fingerprint density at radius 3 is 2.26 bits per heavy atom. The number of carbonyl (C=O) groups excluding carboxylic acids is 1. The Hall–Kier alpha value is -2.33. The maximum atomic E-state index is 11.6. The maximum absolute atomic E-state index is 11.6. The van der Waals surface area contributed by atoms with Crippen molar-refractivity contribution in [2.24, 2.45) is 5.73 Å². The number of alkyl carbamates (subject to hydrolysis) is 1. The SMILES string of the molecule is NC(OC(=O)NCc1ccccc1)c1ccccc1. The number of nitrogens with two attached hydrogens (primary N) is 1. The van der Waals surface area contributed by atoms with Crippen LogP contribution in [0, 0.1) is 0 Å². The molecule has 0 saturated carbocycles. The lowest BCUT2D eigenvalue weighted by atomic mass is 10.2. The van der Waals surface area contributed by atoms with Gasteiger partial charge in [-0.2, -0.15) is 0 Å². The second-order valence-corrected chi connectivity index (χ2v) is 4.08. The van der Waals surface area contributed by atoms with E-state index in [1.54, 1.807) is 0 Å². The Bertz CT molecular complexity index is 514. The number of amides is 1. The molecule has 0 saturated heterocycles. The quantitative estimate of drug-likeness (QED) is 0.826. The highest BCUT2D eigenvalue weighted by molar-refractivity contribution is 5.67. The van der Waals surface area contributed by atoms with Crippen LogP contribution in [0.1, 0.15) is 17.4 Å². The van der Waals surface area contributed by atoms with Gasteiger partial charge in [-0.15, -0.1) is 0 Å². The number of hydrogen-bond donors (Lipinski definition) is 2. The van der Waals surface area contributed by atoms with Crippen LogP contribution in [0.25, 0.3) is 0 Å². The average molecular weight is 256 g/mol. The molecule has 4 nitrogen and oxygen atoms in total. The van der Waals surface area contributed by atoms with Crippen LogP contribution in [0.4, 0.5) is 4.79 Å². The third-order valence-corrected chi connectivity index (χ3v) is 2.64. The Labute approximate surface area is 112 Å².